The number of hydrogen-bond acceptors (Lipinski definition) is 2. The molecular weight excluding hydrogens is 240 g/mol. The lowest BCUT2D eigenvalue weighted by molar-refractivity contribution is -0.125. The zero-order valence-electron chi connectivity index (χ0n) is 8.79. The first-order chi connectivity index (χ1) is 8.15. The lowest BCUT2D eigenvalue weighted by Gasteiger charge is -2.03. The third-order valence-electron chi connectivity index (χ3n) is 3.02. The number of amides is 2. The molecule has 17 heavy (non-hydrogen) atoms. The Morgan fingerprint density at radius 2 is 2.12 bits per heavy atom. The van der Waals surface area contributed by atoms with Gasteiger partial charge >= 0.3 is 0 Å². The van der Waals surface area contributed by atoms with Gasteiger partial charge in [-0.3, -0.25) is 14.9 Å². The minimum absolute atomic E-state index is 0.217. The second kappa shape index (κ2) is 3.60. The van der Waals surface area contributed by atoms with Crippen molar-refractivity contribution < 1.29 is 9.59 Å². The summed E-state index contributed by atoms with van der Waals surface area (Å²) in [6.07, 6.45) is 1.98. The second-order valence-corrected chi connectivity index (χ2v) is 4.54. The molecule has 0 radical (unpaired) electrons. The highest BCUT2D eigenvalue weighted by atomic mass is 35.5. The third-order valence-corrected chi connectivity index (χ3v) is 3.25. The molecular formula is C12H9ClN2O2. The lowest BCUT2D eigenvalue weighted by Crippen LogP contribution is -2.21. The average Bonchev–Trinajstić information content (AvgIpc) is 2.81. The van der Waals surface area contributed by atoms with Gasteiger partial charge in [-0.05, 0) is 17.7 Å². The van der Waals surface area contributed by atoms with Gasteiger partial charge in [0.15, 0.2) is 0 Å². The van der Waals surface area contributed by atoms with E-state index in [-0.39, 0.29) is 18.2 Å². The normalized spacial score (nSPS) is 19.9. The number of H-pyrrole nitrogens is 1. The van der Waals surface area contributed by atoms with Crippen molar-refractivity contribution in [2.24, 2.45) is 0 Å². The molecule has 0 bridgehead atoms. The number of aromatic nitrogens is 1. The standard InChI is InChI=1S/C12H9ClN2O2/c13-6-1-2-7-9(5-14-10(7)3-6)8-4-11(16)15-12(8)17/h1-3,5,8,14H,4H2,(H,15,16,17)/t8-/m1/s1. The molecule has 1 aromatic carbocycles. The topological polar surface area (TPSA) is 62.0 Å². The van der Waals surface area contributed by atoms with Crippen molar-refractivity contribution in [1.29, 1.82) is 0 Å². The number of halogens is 1. The van der Waals surface area contributed by atoms with Crippen molar-refractivity contribution in [3.63, 3.8) is 0 Å². The molecule has 1 aromatic heterocycles. The van der Waals surface area contributed by atoms with Crippen molar-refractivity contribution >= 4 is 34.3 Å². The van der Waals surface area contributed by atoms with Crippen molar-refractivity contribution in [2.45, 2.75) is 12.3 Å². The van der Waals surface area contributed by atoms with Crippen molar-refractivity contribution in [2.75, 3.05) is 0 Å². The summed E-state index contributed by atoms with van der Waals surface area (Å²) in [5.74, 6) is -0.841. The summed E-state index contributed by atoms with van der Waals surface area (Å²) in [7, 11) is 0. The van der Waals surface area contributed by atoms with Crippen LogP contribution in [0, 0.1) is 0 Å². The Morgan fingerprint density at radius 1 is 1.29 bits per heavy atom. The summed E-state index contributed by atoms with van der Waals surface area (Å²) in [5, 5.41) is 3.88. The molecule has 0 spiro atoms. The Hall–Kier alpha value is -1.81. The van der Waals surface area contributed by atoms with Crippen LogP contribution in [0.3, 0.4) is 0 Å². The van der Waals surface area contributed by atoms with E-state index in [1.807, 2.05) is 6.07 Å². The molecule has 2 amide bonds. The first-order valence-corrected chi connectivity index (χ1v) is 5.63. The van der Waals surface area contributed by atoms with Crippen LogP contribution in [0.25, 0.3) is 10.9 Å². The zero-order chi connectivity index (χ0) is 12.0. The number of carbonyl (C=O) groups is 2. The molecule has 2 N–H and O–H groups in total. The molecule has 0 saturated carbocycles. The van der Waals surface area contributed by atoms with Crippen LogP contribution in [0.4, 0.5) is 0 Å². The first-order valence-electron chi connectivity index (χ1n) is 5.25. The Balaban J connectivity index is 2.12. The van der Waals surface area contributed by atoms with E-state index >= 15 is 0 Å². The van der Waals surface area contributed by atoms with Crippen molar-refractivity contribution in [1.82, 2.24) is 10.3 Å². The van der Waals surface area contributed by atoms with Crippen LogP contribution >= 0.6 is 11.6 Å². The molecule has 0 unspecified atom stereocenters. The fraction of sp³-hybridized carbons (Fsp3) is 0.167. The van der Waals surface area contributed by atoms with Crippen LogP contribution in [-0.2, 0) is 9.59 Å². The predicted molar refractivity (Wildman–Crippen MR) is 63.8 cm³/mol. The molecule has 86 valence electrons. The molecule has 1 fully saturated rings. The molecule has 0 aliphatic carbocycles. The van der Waals surface area contributed by atoms with Gasteiger partial charge in [-0.15, -0.1) is 0 Å². The van der Waals surface area contributed by atoms with E-state index in [4.69, 9.17) is 11.6 Å². The summed E-state index contributed by atoms with van der Waals surface area (Å²) >= 11 is 5.89. The predicted octanol–water partition coefficient (Wildman–Crippen LogP) is 1.95. The maximum atomic E-state index is 11.6. The summed E-state index contributed by atoms with van der Waals surface area (Å²) in [6.45, 7) is 0. The largest absolute Gasteiger partial charge is 0.361 e. The summed E-state index contributed by atoms with van der Waals surface area (Å²) in [5.41, 5.74) is 1.72. The third kappa shape index (κ3) is 1.61. The van der Waals surface area contributed by atoms with E-state index in [1.165, 1.54) is 0 Å². The minimum atomic E-state index is -0.391. The number of hydrogen-bond donors (Lipinski definition) is 2. The number of nitrogens with one attached hydrogen (secondary N) is 2. The maximum absolute atomic E-state index is 11.6. The van der Waals surface area contributed by atoms with Gasteiger partial charge in [0.1, 0.15) is 0 Å². The summed E-state index contributed by atoms with van der Waals surface area (Å²) in [4.78, 5) is 25.9. The Labute approximate surface area is 102 Å². The molecule has 5 heteroatoms. The molecule has 3 rings (SSSR count). The number of fused-ring (bicyclic) bond motifs is 1. The highest BCUT2D eigenvalue weighted by Crippen LogP contribution is 2.31. The van der Waals surface area contributed by atoms with Gasteiger partial charge in [0, 0.05) is 28.5 Å². The van der Waals surface area contributed by atoms with Gasteiger partial charge in [-0.2, -0.15) is 0 Å². The molecule has 4 nitrogen and oxygen atoms in total. The smallest absolute Gasteiger partial charge is 0.234 e. The maximum Gasteiger partial charge on any atom is 0.234 e. The highest BCUT2D eigenvalue weighted by molar-refractivity contribution is 6.31. The number of rotatable bonds is 1. The van der Waals surface area contributed by atoms with Gasteiger partial charge in [0.25, 0.3) is 0 Å². The Morgan fingerprint density at radius 3 is 2.82 bits per heavy atom. The van der Waals surface area contributed by atoms with Gasteiger partial charge in [-0.1, -0.05) is 17.7 Å². The monoisotopic (exact) mass is 248 g/mol. The van der Waals surface area contributed by atoms with E-state index < -0.39 is 5.92 Å². The van der Waals surface area contributed by atoms with Crippen LogP contribution in [0.15, 0.2) is 24.4 Å². The van der Waals surface area contributed by atoms with E-state index in [1.54, 1.807) is 18.3 Å². The molecule has 2 aromatic rings. The quantitative estimate of drug-likeness (QED) is 0.758. The van der Waals surface area contributed by atoms with E-state index in [0.717, 1.165) is 16.5 Å². The highest BCUT2D eigenvalue weighted by Gasteiger charge is 2.33. The summed E-state index contributed by atoms with van der Waals surface area (Å²) < 4.78 is 0. The van der Waals surface area contributed by atoms with E-state index in [9.17, 15) is 9.59 Å². The van der Waals surface area contributed by atoms with E-state index in [2.05, 4.69) is 10.3 Å². The number of aromatic amines is 1. The Bertz CT molecular complexity index is 632. The average molecular weight is 249 g/mol. The van der Waals surface area contributed by atoms with Crippen LogP contribution in [0.5, 0.6) is 0 Å². The molecule has 1 saturated heterocycles. The fourth-order valence-corrected chi connectivity index (χ4v) is 2.39. The van der Waals surface area contributed by atoms with Gasteiger partial charge < -0.3 is 4.98 Å². The van der Waals surface area contributed by atoms with Crippen LogP contribution < -0.4 is 5.32 Å². The SMILES string of the molecule is O=C1C[C@H](c2c[nH]c3cc(Cl)ccc23)C(=O)N1. The fourth-order valence-electron chi connectivity index (χ4n) is 2.21. The molecule has 1 aliphatic heterocycles. The zero-order valence-corrected chi connectivity index (χ0v) is 9.54. The van der Waals surface area contributed by atoms with Crippen LogP contribution in [-0.4, -0.2) is 16.8 Å². The van der Waals surface area contributed by atoms with Gasteiger partial charge in [0.05, 0.1) is 5.92 Å². The minimum Gasteiger partial charge on any atom is -0.361 e. The summed E-state index contributed by atoms with van der Waals surface area (Å²) in [6, 6.07) is 5.44. The van der Waals surface area contributed by atoms with Gasteiger partial charge in [-0.25, -0.2) is 0 Å². The Kier molecular flexibility index (Phi) is 2.19. The van der Waals surface area contributed by atoms with E-state index in [0.29, 0.717) is 5.02 Å². The molecule has 2 heterocycles. The molecule has 1 aliphatic rings. The number of imide groups is 1. The number of benzene rings is 1. The van der Waals surface area contributed by atoms with Gasteiger partial charge in [0.2, 0.25) is 11.8 Å². The van der Waals surface area contributed by atoms with Crippen LogP contribution in [0.2, 0.25) is 5.02 Å². The second-order valence-electron chi connectivity index (χ2n) is 4.10. The lowest BCUT2D eigenvalue weighted by atomic mass is 9.97. The number of carbonyl (C=O) groups excluding carboxylic acids is 2. The molecule has 1 atom stereocenters. The van der Waals surface area contributed by atoms with Crippen LogP contribution in [0.1, 0.15) is 17.9 Å². The van der Waals surface area contributed by atoms with Crippen molar-refractivity contribution in [3.8, 4) is 0 Å². The first kappa shape index (κ1) is 10.4. The van der Waals surface area contributed by atoms with Crippen molar-refractivity contribution in [3.05, 3.63) is 35.0 Å².